The molecule has 2 nitrogen and oxygen atoms in total. The van der Waals surface area contributed by atoms with Crippen LogP contribution in [0.4, 0.5) is 0 Å². The van der Waals surface area contributed by atoms with Gasteiger partial charge in [-0.25, -0.2) is 0 Å². The highest BCUT2D eigenvalue weighted by Gasteiger charge is 2.27. The third kappa shape index (κ3) is 4.91. The van der Waals surface area contributed by atoms with Crippen LogP contribution in [-0.2, 0) is 11.2 Å². The molecule has 0 N–H and O–H groups in total. The van der Waals surface area contributed by atoms with Crippen molar-refractivity contribution in [3.05, 3.63) is 35.9 Å². The normalized spacial score (nSPS) is 18.5. The maximum Gasteiger partial charge on any atom is 0.227 e. The van der Waals surface area contributed by atoms with E-state index in [1.54, 1.807) is 0 Å². The average Bonchev–Trinajstić information content (AvgIpc) is 2.55. The first-order chi connectivity index (χ1) is 10.7. The zero-order valence-corrected chi connectivity index (χ0v) is 14.4. The van der Waals surface area contributed by atoms with Crippen molar-refractivity contribution in [3.63, 3.8) is 0 Å². The molecule has 0 radical (unpaired) electrons. The van der Waals surface area contributed by atoms with E-state index in [1.807, 2.05) is 11.0 Å². The van der Waals surface area contributed by atoms with Crippen molar-refractivity contribution in [1.82, 2.24) is 4.90 Å². The fourth-order valence-electron chi connectivity index (χ4n) is 3.14. The van der Waals surface area contributed by atoms with E-state index in [0.29, 0.717) is 12.3 Å². The number of rotatable bonds is 7. The Morgan fingerprint density at radius 2 is 2.00 bits per heavy atom. The molecular formula is C19H27NOS. The first-order valence-corrected chi connectivity index (χ1v) is 9.01. The Morgan fingerprint density at radius 3 is 2.73 bits per heavy atom. The summed E-state index contributed by atoms with van der Waals surface area (Å²) in [4.78, 5) is 15.1. The van der Waals surface area contributed by atoms with Gasteiger partial charge in [-0.1, -0.05) is 55.9 Å². The number of carbonyl (C=O) groups excluding carboxylic acids is 1. The van der Waals surface area contributed by atoms with E-state index in [9.17, 15) is 4.79 Å². The van der Waals surface area contributed by atoms with Crippen molar-refractivity contribution in [2.45, 2.75) is 58.3 Å². The Kier molecular flexibility index (Phi) is 7.04. The minimum absolute atomic E-state index is 0.239. The maximum absolute atomic E-state index is 12.3. The number of thiocarbonyl (C=S) groups is 1. The summed E-state index contributed by atoms with van der Waals surface area (Å²) >= 11 is 5.49. The smallest absolute Gasteiger partial charge is 0.227 e. The number of piperidine rings is 1. The molecule has 22 heavy (non-hydrogen) atoms. The summed E-state index contributed by atoms with van der Waals surface area (Å²) in [6, 6.07) is 10.6. The molecule has 1 saturated heterocycles. The van der Waals surface area contributed by atoms with E-state index in [4.69, 9.17) is 12.2 Å². The Labute approximate surface area is 139 Å². The van der Waals surface area contributed by atoms with Gasteiger partial charge in [0, 0.05) is 18.9 Å². The third-order valence-corrected chi connectivity index (χ3v) is 5.10. The lowest BCUT2D eigenvalue weighted by atomic mass is 9.95. The first kappa shape index (κ1) is 17.1. The van der Waals surface area contributed by atoms with Gasteiger partial charge in [-0.15, -0.1) is 0 Å². The third-order valence-electron chi connectivity index (χ3n) is 4.54. The number of amides is 1. The standard InChI is InChI=1S/C19H27NOS/c1-2-17-13-9-15-20(19(17)22)18(21)14-8-4-7-12-16-10-5-3-6-11-16/h3,5-6,10-11,17H,2,4,7-9,12-15H2,1H3. The van der Waals surface area contributed by atoms with Crippen LogP contribution in [-0.4, -0.2) is 22.3 Å². The Morgan fingerprint density at radius 1 is 1.23 bits per heavy atom. The molecule has 120 valence electrons. The molecule has 0 aromatic heterocycles. The number of aryl methyl sites for hydroxylation is 1. The minimum atomic E-state index is 0.239. The molecule has 0 aliphatic carbocycles. The van der Waals surface area contributed by atoms with E-state index in [-0.39, 0.29) is 5.91 Å². The number of benzene rings is 1. The lowest BCUT2D eigenvalue weighted by Gasteiger charge is -2.33. The number of unbranched alkanes of at least 4 members (excludes halogenated alkanes) is 2. The monoisotopic (exact) mass is 317 g/mol. The first-order valence-electron chi connectivity index (χ1n) is 8.60. The molecule has 1 unspecified atom stereocenters. The van der Waals surface area contributed by atoms with Crippen LogP contribution in [0.3, 0.4) is 0 Å². The largest absolute Gasteiger partial charge is 0.306 e. The molecule has 0 bridgehead atoms. The van der Waals surface area contributed by atoms with Crippen LogP contribution in [0.5, 0.6) is 0 Å². The summed E-state index contributed by atoms with van der Waals surface area (Å²) in [7, 11) is 0. The summed E-state index contributed by atoms with van der Waals surface area (Å²) < 4.78 is 0. The Bertz CT molecular complexity index is 485. The van der Waals surface area contributed by atoms with Gasteiger partial charge in [0.2, 0.25) is 5.91 Å². The number of likely N-dealkylation sites (tertiary alicyclic amines) is 1. The molecule has 1 aliphatic heterocycles. The van der Waals surface area contributed by atoms with Gasteiger partial charge in [0.1, 0.15) is 0 Å². The number of carbonyl (C=O) groups is 1. The summed E-state index contributed by atoms with van der Waals surface area (Å²) in [6.45, 7) is 2.99. The van der Waals surface area contributed by atoms with E-state index < -0.39 is 0 Å². The van der Waals surface area contributed by atoms with Crippen molar-refractivity contribution in [2.75, 3.05) is 6.54 Å². The maximum atomic E-state index is 12.3. The van der Waals surface area contributed by atoms with Gasteiger partial charge in [-0.2, -0.15) is 0 Å². The van der Waals surface area contributed by atoms with Crippen LogP contribution >= 0.6 is 12.2 Å². The topological polar surface area (TPSA) is 20.3 Å². The van der Waals surface area contributed by atoms with Crippen molar-refractivity contribution >= 4 is 23.1 Å². The second-order valence-corrected chi connectivity index (χ2v) is 6.60. The highest BCUT2D eigenvalue weighted by molar-refractivity contribution is 7.80. The second kappa shape index (κ2) is 9.04. The summed E-state index contributed by atoms with van der Waals surface area (Å²) in [5.74, 6) is 0.675. The molecule has 1 fully saturated rings. The van der Waals surface area contributed by atoms with Crippen LogP contribution in [0.15, 0.2) is 30.3 Å². The van der Waals surface area contributed by atoms with E-state index in [2.05, 4.69) is 31.2 Å². The van der Waals surface area contributed by atoms with E-state index >= 15 is 0 Å². The van der Waals surface area contributed by atoms with Gasteiger partial charge in [0.15, 0.2) is 0 Å². The highest BCUT2D eigenvalue weighted by atomic mass is 32.1. The van der Waals surface area contributed by atoms with Crippen molar-refractivity contribution in [2.24, 2.45) is 5.92 Å². The molecule has 3 heteroatoms. The SMILES string of the molecule is CCC1CCCN(C(=O)CCCCCc2ccccc2)C1=S. The fourth-order valence-corrected chi connectivity index (χ4v) is 3.62. The lowest BCUT2D eigenvalue weighted by molar-refractivity contribution is -0.128. The summed E-state index contributed by atoms with van der Waals surface area (Å²) in [5, 5.41) is 0. The molecule has 1 aromatic rings. The van der Waals surface area contributed by atoms with Crippen molar-refractivity contribution in [3.8, 4) is 0 Å². The molecule has 1 heterocycles. The molecular weight excluding hydrogens is 290 g/mol. The quantitative estimate of drug-likeness (QED) is 0.533. The van der Waals surface area contributed by atoms with Gasteiger partial charge in [-0.3, -0.25) is 4.79 Å². The minimum Gasteiger partial charge on any atom is -0.306 e. The Balaban J connectivity index is 1.66. The molecule has 1 aliphatic rings. The second-order valence-electron chi connectivity index (χ2n) is 6.18. The molecule has 1 amide bonds. The van der Waals surface area contributed by atoms with Crippen LogP contribution in [0, 0.1) is 5.92 Å². The van der Waals surface area contributed by atoms with Gasteiger partial charge in [-0.05, 0) is 44.1 Å². The van der Waals surface area contributed by atoms with Crippen LogP contribution in [0.25, 0.3) is 0 Å². The average molecular weight is 317 g/mol. The van der Waals surface area contributed by atoms with Gasteiger partial charge >= 0.3 is 0 Å². The highest BCUT2D eigenvalue weighted by Crippen LogP contribution is 2.23. The van der Waals surface area contributed by atoms with E-state index in [1.165, 1.54) is 5.56 Å². The zero-order valence-electron chi connectivity index (χ0n) is 13.6. The Hall–Kier alpha value is -1.22. The summed E-state index contributed by atoms with van der Waals surface area (Å²) in [5.41, 5.74) is 1.39. The molecule has 0 spiro atoms. The molecule has 1 atom stereocenters. The predicted molar refractivity (Wildman–Crippen MR) is 95.9 cm³/mol. The summed E-state index contributed by atoms with van der Waals surface area (Å²) in [6.07, 6.45) is 8.29. The van der Waals surface area contributed by atoms with E-state index in [0.717, 1.165) is 56.5 Å². The van der Waals surface area contributed by atoms with Crippen molar-refractivity contribution < 1.29 is 4.79 Å². The lowest BCUT2D eigenvalue weighted by Crippen LogP contribution is -2.43. The van der Waals surface area contributed by atoms with Gasteiger partial charge in [0.05, 0.1) is 4.99 Å². The van der Waals surface area contributed by atoms with Crippen LogP contribution in [0.1, 0.15) is 57.4 Å². The predicted octanol–water partition coefficient (Wildman–Crippen LogP) is 4.77. The number of nitrogens with zero attached hydrogens (tertiary/aromatic N) is 1. The molecule has 0 saturated carbocycles. The fraction of sp³-hybridized carbons (Fsp3) is 0.579. The molecule has 2 rings (SSSR count). The zero-order chi connectivity index (χ0) is 15.8. The van der Waals surface area contributed by atoms with Crippen LogP contribution in [0.2, 0.25) is 0 Å². The molecule has 1 aromatic carbocycles. The van der Waals surface area contributed by atoms with Gasteiger partial charge in [0.25, 0.3) is 0 Å². The van der Waals surface area contributed by atoms with Crippen molar-refractivity contribution in [1.29, 1.82) is 0 Å². The number of hydrogen-bond donors (Lipinski definition) is 0. The van der Waals surface area contributed by atoms with Gasteiger partial charge < -0.3 is 4.90 Å². The van der Waals surface area contributed by atoms with Crippen LogP contribution < -0.4 is 0 Å². The number of hydrogen-bond acceptors (Lipinski definition) is 2.